The van der Waals surface area contributed by atoms with Gasteiger partial charge in [0.15, 0.2) is 0 Å². The van der Waals surface area contributed by atoms with E-state index in [9.17, 15) is 5.11 Å². The summed E-state index contributed by atoms with van der Waals surface area (Å²) < 4.78 is 0. The topological polar surface area (TPSA) is 46.2 Å². The monoisotopic (exact) mass is 205 g/mol. The highest BCUT2D eigenvalue weighted by atomic mass is 16.3. The van der Waals surface area contributed by atoms with Crippen LogP contribution in [0.2, 0.25) is 0 Å². The lowest BCUT2D eigenvalue weighted by molar-refractivity contribution is 0.242. The van der Waals surface area contributed by atoms with Crippen LogP contribution in [0.15, 0.2) is 30.3 Å². The molecule has 2 nitrogen and oxygen atoms in total. The van der Waals surface area contributed by atoms with E-state index in [1.807, 2.05) is 18.2 Å². The van der Waals surface area contributed by atoms with Gasteiger partial charge in [0, 0.05) is 17.6 Å². The fourth-order valence-corrected chi connectivity index (χ4v) is 2.80. The Kier molecular flexibility index (Phi) is 2.36. The van der Waals surface area contributed by atoms with Crippen LogP contribution >= 0.6 is 0 Å². The van der Waals surface area contributed by atoms with Gasteiger partial charge in [-0.15, -0.1) is 0 Å². The highest BCUT2D eigenvalue weighted by Gasteiger charge is 2.61. The van der Waals surface area contributed by atoms with Gasteiger partial charge in [-0.3, -0.25) is 0 Å². The van der Waals surface area contributed by atoms with E-state index in [2.05, 4.69) is 26.0 Å². The minimum Gasteiger partial charge on any atom is -0.396 e. The average molecular weight is 205 g/mol. The van der Waals surface area contributed by atoms with Crippen molar-refractivity contribution in [2.24, 2.45) is 11.7 Å². The lowest BCUT2D eigenvalue weighted by Crippen LogP contribution is -2.46. The van der Waals surface area contributed by atoms with Gasteiger partial charge < -0.3 is 10.8 Å². The standard InChI is InChI=1S/C13H19NO/c1-12(2,14)13(8-11(13)9-15)10-6-4-3-5-7-10/h3-7,11,15H,8-9,14H2,1-2H3. The Bertz CT molecular complexity index is 341. The molecule has 2 heteroatoms. The fourth-order valence-electron chi connectivity index (χ4n) is 2.80. The smallest absolute Gasteiger partial charge is 0.0468 e. The maximum atomic E-state index is 9.31. The first-order chi connectivity index (χ1) is 7.02. The Morgan fingerprint density at radius 2 is 2.00 bits per heavy atom. The second-order valence-electron chi connectivity index (χ2n) is 5.14. The molecular formula is C13H19NO. The zero-order valence-electron chi connectivity index (χ0n) is 9.40. The highest BCUT2D eigenvalue weighted by molar-refractivity contribution is 5.38. The Balaban J connectivity index is 2.39. The molecule has 1 aromatic rings. The third-order valence-electron chi connectivity index (χ3n) is 3.76. The summed E-state index contributed by atoms with van der Waals surface area (Å²) in [6, 6.07) is 10.3. The lowest BCUT2D eigenvalue weighted by atomic mass is 9.77. The van der Waals surface area contributed by atoms with Crippen LogP contribution in [0.1, 0.15) is 25.8 Å². The summed E-state index contributed by atoms with van der Waals surface area (Å²) in [4.78, 5) is 0. The predicted molar refractivity (Wildman–Crippen MR) is 61.6 cm³/mol. The van der Waals surface area contributed by atoms with E-state index in [1.165, 1.54) is 5.56 Å². The van der Waals surface area contributed by atoms with Crippen molar-refractivity contribution in [1.29, 1.82) is 0 Å². The molecule has 3 N–H and O–H groups in total. The van der Waals surface area contributed by atoms with Crippen LogP contribution in [0.25, 0.3) is 0 Å². The van der Waals surface area contributed by atoms with E-state index < -0.39 is 0 Å². The largest absolute Gasteiger partial charge is 0.396 e. The van der Waals surface area contributed by atoms with E-state index >= 15 is 0 Å². The van der Waals surface area contributed by atoms with Crippen LogP contribution in [0.3, 0.4) is 0 Å². The number of hydrogen-bond acceptors (Lipinski definition) is 2. The van der Waals surface area contributed by atoms with Crippen LogP contribution in [-0.4, -0.2) is 17.3 Å². The van der Waals surface area contributed by atoms with Gasteiger partial charge in [0.1, 0.15) is 0 Å². The quantitative estimate of drug-likeness (QED) is 0.788. The summed E-state index contributed by atoms with van der Waals surface area (Å²) in [6.07, 6.45) is 0.997. The van der Waals surface area contributed by atoms with Crippen LogP contribution in [-0.2, 0) is 5.41 Å². The Morgan fingerprint density at radius 1 is 1.40 bits per heavy atom. The minimum absolute atomic E-state index is 0.0248. The first kappa shape index (κ1) is 10.7. The van der Waals surface area contributed by atoms with E-state index in [-0.39, 0.29) is 17.6 Å². The number of benzene rings is 1. The summed E-state index contributed by atoms with van der Waals surface area (Å²) in [5.74, 6) is 0.319. The molecule has 0 saturated heterocycles. The molecule has 0 heterocycles. The van der Waals surface area contributed by atoms with Crippen LogP contribution < -0.4 is 5.73 Å². The normalized spacial score (nSPS) is 30.3. The number of nitrogens with two attached hydrogens (primary N) is 1. The molecule has 0 aromatic heterocycles. The second-order valence-corrected chi connectivity index (χ2v) is 5.14. The number of aliphatic hydroxyl groups is 1. The summed E-state index contributed by atoms with van der Waals surface area (Å²) in [5, 5.41) is 9.31. The third-order valence-corrected chi connectivity index (χ3v) is 3.76. The molecule has 1 fully saturated rings. The van der Waals surface area contributed by atoms with E-state index in [0.717, 1.165) is 6.42 Å². The Labute approximate surface area is 91.1 Å². The molecule has 0 amide bonds. The van der Waals surface area contributed by atoms with Gasteiger partial charge in [-0.05, 0) is 31.7 Å². The van der Waals surface area contributed by atoms with Gasteiger partial charge in [-0.25, -0.2) is 0 Å². The minimum atomic E-state index is -0.276. The van der Waals surface area contributed by atoms with E-state index in [4.69, 9.17) is 5.73 Å². The summed E-state index contributed by atoms with van der Waals surface area (Å²) in [7, 11) is 0. The molecular weight excluding hydrogens is 186 g/mol. The number of aliphatic hydroxyl groups excluding tert-OH is 1. The van der Waals surface area contributed by atoms with E-state index in [1.54, 1.807) is 0 Å². The van der Waals surface area contributed by atoms with Gasteiger partial charge in [0.2, 0.25) is 0 Å². The van der Waals surface area contributed by atoms with Crippen molar-refractivity contribution in [1.82, 2.24) is 0 Å². The lowest BCUT2D eigenvalue weighted by Gasteiger charge is -2.32. The molecule has 0 radical (unpaired) electrons. The van der Waals surface area contributed by atoms with Crippen molar-refractivity contribution in [2.45, 2.75) is 31.2 Å². The van der Waals surface area contributed by atoms with Crippen molar-refractivity contribution in [3.05, 3.63) is 35.9 Å². The van der Waals surface area contributed by atoms with Gasteiger partial charge in [0.25, 0.3) is 0 Å². The first-order valence-electron chi connectivity index (χ1n) is 5.47. The Hall–Kier alpha value is -0.860. The first-order valence-corrected chi connectivity index (χ1v) is 5.47. The summed E-state index contributed by atoms with van der Waals surface area (Å²) in [5.41, 5.74) is 7.22. The molecule has 82 valence electrons. The van der Waals surface area contributed by atoms with Crippen LogP contribution in [0.4, 0.5) is 0 Å². The summed E-state index contributed by atoms with van der Waals surface area (Å²) in [6.45, 7) is 4.33. The molecule has 2 unspecified atom stereocenters. The molecule has 1 aromatic carbocycles. The summed E-state index contributed by atoms with van der Waals surface area (Å²) >= 11 is 0. The zero-order valence-corrected chi connectivity index (χ0v) is 9.40. The third kappa shape index (κ3) is 1.48. The van der Waals surface area contributed by atoms with Crippen molar-refractivity contribution < 1.29 is 5.11 Å². The van der Waals surface area contributed by atoms with Crippen molar-refractivity contribution in [3.63, 3.8) is 0 Å². The SMILES string of the molecule is CC(C)(N)C1(c2ccccc2)CC1CO. The second kappa shape index (κ2) is 3.32. The molecule has 2 rings (SSSR count). The number of rotatable bonds is 3. The van der Waals surface area contributed by atoms with Crippen molar-refractivity contribution in [2.75, 3.05) is 6.61 Å². The molecule has 1 aliphatic carbocycles. The van der Waals surface area contributed by atoms with Crippen molar-refractivity contribution >= 4 is 0 Å². The predicted octanol–water partition coefficient (Wildman–Crippen LogP) is 1.67. The molecule has 0 aliphatic heterocycles. The van der Waals surface area contributed by atoms with Gasteiger partial charge >= 0.3 is 0 Å². The molecule has 2 atom stereocenters. The molecule has 0 spiro atoms. The fraction of sp³-hybridized carbons (Fsp3) is 0.538. The van der Waals surface area contributed by atoms with Gasteiger partial charge in [-0.2, -0.15) is 0 Å². The maximum absolute atomic E-state index is 9.31. The van der Waals surface area contributed by atoms with Crippen molar-refractivity contribution in [3.8, 4) is 0 Å². The van der Waals surface area contributed by atoms with Crippen LogP contribution in [0, 0.1) is 5.92 Å². The van der Waals surface area contributed by atoms with Gasteiger partial charge in [-0.1, -0.05) is 30.3 Å². The highest BCUT2D eigenvalue weighted by Crippen LogP contribution is 2.59. The van der Waals surface area contributed by atoms with Crippen LogP contribution in [0.5, 0.6) is 0 Å². The Morgan fingerprint density at radius 3 is 2.40 bits per heavy atom. The molecule has 1 aliphatic rings. The average Bonchev–Trinajstić information content (AvgIpc) is 2.94. The molecule has 0 bridgehead atoms. The van der Waals surface area contributed by atoms with E-state index in [0.29, 0.717) is 5.92 Å². The molecule has 15 heavy (non-hydrogen) atoms. The van der Waals surface area contributed by atoms with Gasteiger partial charge in [0.05, 0.1) is 0 Å². The number of hydrogen-bond donors (Lipinski definition) is 2. The molecule has 1 saturated carbocycles. The maximum Gasteiger partial charge on any atom is 0.0468 e. The zero-order chi connectivity index (χ0) is 11.1.